The van der Waals surface area contributed by atoms with Gasteiger partial charge in [-0.05, 0) is 37.5 Å². The summed E-state index contributed by atoms with van der Waals surface area (Å²) in [6, 6.07) is 8.46. The van der Waals surface area contributed by atoms with Crippen molar-refractivity contribution in [2.75, 3.05) is 7.05 Å². The van der Waals surface area contributed by atoms with Gasteiger partial charge >= 0.3 is 0 Å². The van der Waals surface area contributed by atoms with Gasteiger partial charge in [0.2, 0.25) is 0 Å². The third kappa shape index (κ3) is 2.56. The Morgan fingerprint density at radius 1 is 1.07 bits per heavy atom. The molecule has 0 aliphatic heterocycles. The number of hydrogen-bond donors (Lipinski definition) is 0. The molecule has 0 saturated heterocycles. The second-order valence-electron chi connectivity index (χ2n) is 3.63. The Bertz CT molecular complexity index is 351. The highest BCUT2D eigenvalue weighted by Crippen LogP contribution is 2.17. The van der Waals surface area contributed by atoms with Crippen molar-refractivity contribution in [1.82, 2.24) is 0 Å². The molecule has 1 aromatic rings. The summed E-state index contributed by atoms with van der Waals surface area (Å²) in [6.45, 7) is 6.42. The van der Waals surface area contributed by atoms with Crippen molar-refractivity contribution in [2.45, 2.75) is 20.8 Å². The predicted molar refractivity (Wildman–Crippen MR) is 63.9 cm³/mol. The molecule has 1 rings (SSSR count). The Kier molecular flexibility index (Phi) is 3.63. The fraction of sp³-hybridized carbons (Fsp3) is 0.308. The van der Waals surface area contributed by atoms with Gasteiger partial charge in [0.15, 0.2) is 0 Å². The molecule has 0 aromatic heterocycles. The Hall–Kier alpha value is -1.37. The van der Waals surface area contributed by atoms with Crippen molar-refractivity contribution in [3.8, 4) is 0 Å². The van der Waals surface area contributed by atoms with E-state index in [0.29, 0.717) is 0 Å². The molecule has 0 aliphatic carbocycles. The normalized spacial score (nSPS) is 10.6. The van der Waals surface area contributed by atoms with Crippen LogP contribution < -0.4 is 0 Å². The van der Waals surface area contributed by atoms with E-state index < -0.39 is 0 Å². The van der Waals surface area contributed by atoms with Gasteiger partial charge in [0.05, 0.1) is 0 Å². The summed E-state index contributed by atoms with van der Waals surface area (Å²) in [4.78, 5) is 3.98. The zero-order valence-electron chi connectivity index (χ0n) is 9.33. The molecule has 0 saturated carbocycles. The van der Waals surface area contributed by atoms with Crippen molar-refractivity contribution in [3.05, 3.63) is 41.0 Å². The first-order valence-electron chi connectivity index (χ1n) is 4.82. The molecule has 74 valence electrons. The van der Waals surface area contributed by atoms with Gasteiger partial charge in [-0.3, -0.25) is 4.99 Å². The van der Waals surface area contributed by atoms with Crippen LogP contribution in [-0.2, 0) is 0 Å². The van der Waals surface area contributed by atoms with Crippen LogP contribution in [0.2, 0.25) is 0 Å². The fourth-order valence-corrected chi connectivity index (χ4v) is 1.26. The Labute approximate surface area is 86.2 Å². The van der Waals surface area contributed by atoms with Crippen molar-refractivity contribution in [1.29, 1.82) is 0 Å². The lowest BCUT2D eigenvalue weighted by molar-refractivity contribution is 1.36. The minimum atomic E-state index is 1.15. The van der Waals surface area contributed by atoms with Gasteiger partial charge in [0.25, 0.3) is 0 Å². The van der Waals surface area contributed by atoms with Crippen molar-refractivity contribution < 1.29 is 0 Å². The summed E-state index contributed by atoms with van der Waals surface area (Å²) in [5.74, 6) is 0. The van der Waals surface area contributed by atoms with Gasteiger partial charge in [0, 0.05) is 13.3 Å². The lowest BCUT2D eigenvalue weighted by Crippen LogP contribution is -1.85. The van der Waals surface area contributed by atoms with E-state index in [1.165, 1.54) is 16.7 Å². The van der Waals surface area contributed by atoms with E-state index in [1.807, 2.05) is 6.21 Å². The van der Waals surface area contributed by atoms with E-state index in [1.54, 1.807) is 7.05 Å². The number of benzene rings is 1. The SMILES string of the molecule is CN=Cc1ccc(C(C)=C(C)C)cc1. The van der Waals surface area contributed by atoms with Crippen LogP contribution in [0.3, 0.4) is 0 Å². The van der Waals surface area contributed by atoms with Crippen molar-refractivity contribution in [2.24, 2.45) is 4.99 Å². The lowest BCUT2D eigenvalue weighted by atomic mass is 10.0. The molecule has 0 amide bonds. The van der Waals surface area contributed by atoms with Gasteiger partial charge in [-0.25, -0.2) is 0 Å². The topological polar surface area (TPSA) is 12.4 Å². The predicted octanol–water partition coefficient (Wildman–Crippen LogP) is 3.55. The van der Waals surface area contributed by atoms with Crippen molar-refractivity contribution in [3.63, 3.8) is 0 Å². The van der Waals surface area contributed by atoms with Crippen LogP contribution >= 0.6 is 0 Å². The Balaban J connectivity index is 3.00. The minimum absolute atomic E-state index is 1.15. The van der Waals surface area contributed by atoms with Crippen LogP contribution in [0.15, 0.2) is 34.8 Å². The number of nitrogens with zero attached hydrogens (tertiary/aromatic N) is 1. The molecule has 0 radical (unpaired) electrons. The summed E-state index contributed by atoms with van der Waals surface area (Å²) in [7, 11) is 1.79. The quantitative estimate of drug-likeness (QED) is 0.628. The van der Waals surface area contributed by atoms with E-state index >= 15 is 0 Å². The number of aliphatic imine (C=N–C) groups is 1. The molecule has 0 spiro atoms. The van der Waals surface area contributed by atoms with Crippen LogP contribution in [0.5, 0.6) is 0 Å². The van der Waals surface area contributed by atoms with Gasteiger partial charge in [-0.15, -0.1) is 0 Å². The maximum atomic E-state index is 3.98. The van der Waals surface area contributed by atoms with Crippen molar-refractivity contribution >= 4 is 11.8 Å². The highest BCUT2D eigenvalue weighted by molar-refractivity contribution is 5.80. The van der Waals surface area contributed by atoms with Crippen LogP contribution in [0.1, 0.15) is 31.9 Å². The van der Waals surface area contributed by atoms with E-state index in [4.69, 9.17) is 0 Å². The minimum Gasteiger partial charge on any atom is -0.296 e. The van der Waals surface area contributed by atoms with E-state index in [2.05, 4.69) is 50.0 Å². The fourth-order valence-electron chi connectivity index (χ4n) is 1.26. The molecular formula is C13H17N. The molecule has 1 heteroatoms. The Morgan fingerprint density at radius 2 is 1.64 bits per heavy atom. The second kappa shape index (κ2) is 4.75. The summed E-state index contributed by atoms with van der Waals surface area (Å²) in [5, 5.41) is 0. The molecule has 0 unspecified atom stereocenters. The zero-order chi connectivity index (χ0) is 10.6. The highest BCUT2D eigenvalue weighted by Gasteiger charge is 1.96. The molecule has 1 nitrogen and oxygen atoms in total. The number of allylic oxidation sites excluding steroid dienone is 2. The number of rotatable bonds is 2. The highest BCUT2D eigenvalue weighted by atomic mass is 14.6. The summed E-state index contributed by atoms with van der Waals surface area (Å²) < 4.78 is 0. The molecule has 0 heterocycles. The van der Waals surface area contributed by atoms with E-state index in [-0.39, 0.29) is 0 Å². The molecule has 0 bridgehead atoms. The largest absolute Gasteiger partial charge is 0.296 e. The zero-order valence-corrected chi connectivity index (χ0v) is 9.33. The number of hydrogen-bond acceptors (Lipinski definition) is 1. The van der Waals surface area contributed by atoms with Gasteiger partial charge in [-0.2, -0.15) is 0 Å². The average molecular weight is 187 g/mol. The van der Waals surface area contributed by atoms with E-state index in [9.17, 15) is 0 Å². The molecule has 0 aliphatic rings. The Morgan fingerprint density at radius 3 is 2.07 bits per heavy atom. The summed E-state index contributed by atoms with van der Waals surface area (Å²) in [5.41, 5.74) is 5.16. The molecular weight excluding hydrogens is 170 g/mol. The standard InChI is InChI=1S/C13H17N/c1-10(2)11(3)13-7-5-12(6-8-13)9-14-4/h5-9H,1-4H3. The van der Waals surface area contributed by atoms with Gasteiger partial charge in [-0.1, -0.05) is 29.8 Å². The van der Waals surface area contributed by atoms with Crippen LogP contribution in [0.4, 0.5) is 0 Å². The van der Waals surface area contributed by atoms with Crippen LogP contribution in [0, 0.1) is 0 Å². The third-order valence-electron chi connectivity index (χ3n) is 2.37. The lowest BCUT2D eigenvalue weighted by Gasteiger charge is -2.04. The molecule has 1 aromatic carbocycles. The first-order valence-corrected chi connectivity index (χ1v) is 4.82. The molecule has 14 heavy (non-hydrogen) atoms. The average Bonchev–Trinajstić information content (AvgIpc) is 2.18. The smallest absolute Gasteiger partial charge is 0.0281 e. The maximum Gasteiger partial charge on any atom is 0.0281 e. The second-order valence-corrected chi connectivity index (χ2v) is 3.63. The van der Waals surface area contributed by atoms with Crippen LogP contribution in [-0.4, -0.2) is 13.3 Å². The monoisotopic (exact) mass is 187 g/mol. The maximum absolute atomic E-state index is 3.98. The molecule has 0 fully saturated rings. The van der Waals surface area contributed by atoms with Crippen LogP contribution in [0.25, 0.3) is 5.57 Å². The summed E-state index contributed by atoms with van der Waals surface area (Å²) >= 11 is 0. The first kappa shape index (κ1) is 10.7. The van der Waals surface area contributed by atoms with Gasteiger partial charge < -0.3 is 0 Å². The first-order chi connectivity index (χ1) is 6.65. The molecule has 0 atom stereocenters. The summed E-state index contributed by atoms with van der Waals surface area (Å²) in [6.07, 6.45) is 1.86. The molecule has 0 N–H and O–H groups in total. The van der Waals surface area contributed by atoms with E-state index in [0.717, 1.165) is 5.56 Å². The van der Waals surface area contributed by atoms with Gasteiger partial charge in [0.1, 0.15) is 0 Å². The third-order valence-corrected chi connectivity index (χ3v) is 2.37.